The van der Waals surface area contributed by atoms with Crippen molar-refractivity contribution in [2.24, 2.45) is 9.98 Å². The van der Waals surface area contributed by atoms with Gasteiger partial charge in [-0.05, 0) is 46.5 Å². The molecule has 0 spiro atoms. The number of rotatable bonds is 8. The highest BCUT2D eigenvalue weighted by atomic mass is 16.5. The van der Waals surface area contributed by atoms with Crippen molar-refractivity contribution in [3.63, 3.8) is 0 Å². The van der Waals surface area contributed by atoms with Gasteiger partial charge in [-0.25, -0.2) is 9.98 Å². The number of nitrogens with zero attached hydrogens (tertiary/aromatic N) is 2. The van der Waals surface area contributed by atoms with Crippen LogP contribution in [0.25, 0.3) is 0 Å². The summed E-state index contributed by atoms with van der Waals surface area (Å²) in [5.74, 6) is 1.21. The summed E-state index contributed by atoms with van der Waals surface area (Å²) < 4.78 is 13.4. The first-order valence-electron chi connectivity index (χ1n) is 16.0. The molecule has 5 nitrogen and oxygen atoms in total. The number of ether oxygens (including phenoxy) is 2. The molecule has 47 heavy (non-hydrogen) atoms. The van der Waals surface area contributed by atoms with E-state index in [2.05, 4.69) is 102 Å². The van der Waals surface area contributed by atoms with Crippen LogP contribution in [-0.2, 0) is 9.47 Å². The highest BCUT2D eigenvalue weighted by molar-refractivity contribution is 6.04. The quantitative estimate of drug-likeness (QED) is 0.186. The molecular weight excluding hydrogens is 578 g/mol. The van der Waals surface area contributed by atoms with Crippen LogP contribution in [0.3, 0.4) is 0 Å². The largest absolute Gasteiger partial charge is 0.467 e. The van der Waals surface area contributed by atoms with Crippen molar-refractivity contribution in [3.8, 4) is 0 Å². The average Bonchev–Trinajstić information content (AvgIpc) is 3.80. The predicted molar refractivity (Wildman–Crippen MR) is 188 cm³/mol. The Bertz CT molecular complexity index is 1880. The molecule has 0 bridgehead atoms. The first-order chi connectivity index (χ1) is 23.3. The number of para-hydroxylation sites is 2. The van der Waals surface area contributed by atoms with Crippen molar-refractivity contribution >= 4 is 23.2 Å². The average molecular weight is 612 g/mol. The van der Waals surface area contributed by atoms with E-state index in [1.165, 1.54) is 0 Å². The zero-order valence-electron chi connectivity index (χ0n) is 25.7. The van der Waals surface area contributed by atoms with Crippen molar-refractivity contribution < 1.29 is 9.47 Å². The van der Waals surface area contributed by atoms with E-state index in [-0.39, 0.29) is 24.3 Å². The number of nitrogens with one attached hydrogen (secondary N) is 1. The third-order valence-corrected chi connectivity index (χ3v) is 8.69. The summed E-state index contributed by atoms with van der Waals surface area (Å²) in [6.07, 6.45) is -0.472. The van der Waals surface area contributed by atoms with E-state index in [0.717, 1.165) is 44.8 Å². The number of anilines is 2. The first-order valence-corrected chi connectivity index (χ1v) is 16.0. The van der Waals surface area contributed by atoms with Crippen LogP contribution >= 0.6 is 0 Å². The molecule has 0 saturated heterocycles. The SMILES string of the molecule is c1ccc([C@H]2N=C(c3ccccc3Nc3ccccc3C3=N[C@H](c4ccccc4)[C@@H](c4ccccc4)O3)O[C@@H]2c2ccccc2)cc1. The fourth-order valence-electron chi connectivity index (χ4n) is 6.37. The van der Waals surface area contributed by atoms with E-state index in [0.29, 0.717) is 11.8 Å². The summed E-state index contributed by atoms with van der Waals surface area (Å²) in [7, 11) is 0. The molecule has 0 radical (unpaired) electrons. The molecule has 0 aromatic heterocycles. The van der Waals surface area contributed by atoms with Crippen molar-refractivity contribution in [2.75, 3.05) is 5.32 Å². The second kappa shape index (κ2) is 12.8. The van der Waals surface area contributed by atoms with E-state index in [1.54, 1.807) is 0 Å². The summed E-state index contributed by atoms with van der Waals surface area (Å²) in [5, 5.41) is 3.69. The molecule has 8 rings (SSSR count). The van der Waals surface area contributed by atoms with Crippen molar-refractivity contribution in [1.82, 2.24) is 0 Å². The number of aliphatic imine (C=N–C) groups is 2. The van der Waals surface area contributed by atoms with Gasteiger partial charge in [0.2, 0.25) is 11.8 Å². The van der Waals surface area contributed by atoms with Crippen LogP contribution in [0, 0.1) is 0 Å². The van der Waals surface area contributed by atoms with E-state index in [4.69, 9.17) is 19.5 Å². The summed E-state index contributed by atoms with van der Waals surface area (Å²) in [6.45, 7) is 0. The first kappa shape index (κ1) is 28.5. The molecule has 0 unspecified atom stereocenters. The minimum atomic E-state index is -0.236. The molecule has 6 aromatic rings. The normalized spacial score (nSPS) is 20.1. The van der Waals surface area contributed by atoms with Crippen LogP contribution in [0.5, 0.6) is 0 Å². The standard InChI is InChI=1S/C42H33N3O2/c1-5-17-29(18-6-1)37-39(31-21-9-3-10-22-31)46-41(44-37)33-25-13-15-27-35(33)43-36-28-16-14-26-34(36)42-45-38(30-19-7-2-8-20-30)40(47-42)32-23-11-4-12-24-32/h1-28,37-40,43H/t37-,38-,39-,40-/m1/s1. The van der Waals surface area contributed by atoms with Crippen LogP contribution in [0.4, 0.5) is 11.4 Å². The van der Waals surface area contributed by atoms with Crippen LogP contribution in [-0.4, -0.2) is 11.8 Å². The van der Waals surface area contributed by atoms with Gasteiger partial charge in [-0.2, -0.15) is 0 Å². The Morgan fingerprint density at radius 1 is 0.362 bits per heavy atom. The van der Waals surface area contributed by atoms with E-state index >= 15 is 0 Å². The number of hydrogen-bond acceptors (Lipinski definition) is 5. The van der Waals surface area contributed by atoms with Gasteiger partial charge >= 0.3 is 0 Å². The molecule has 6 aromatic carbocycles. The molecule has 2 aliphatic rings. The third kappa shape index (κ3) is 5.80. The summed E-state index contributed by atoms with van der Waals surface area (Å²) >= 11 is 0. The van der Waals surface area contributed by atoms with Gasteiger partial charge in [0.25, 0.3) is 0 Å². The minimum absolute atomic E-state index is 0.167. The second-order valence-corrected chi connectivity index (χ2v) is 11.7. The van der Waals surface area contributed by atoms with Crippen molar-refractivity contribution in [3.05, 3.63) is 203 Å². The van der Waals surface area contributed by atoms with Crippen LogP contribution < -0.4 is 5.32 Å². The van der Waals surface area contributed by atoms with Crippen LogP contribution in [0.2, 0.25) is 0 Å². The summed E-state index contributed by atoms with van der Waals surface area (Å²) in [5.41, 5.74) is 7.96. The summed E-state index contributed by atoms with van der Waals surface area (Å²) in [4.78, 5) is 10.4. The van der Waals surface area contributed by atoms with Gasteiger partial charge in [-0.3, -0.25) is 0 Å². The molecule has 0 fully saturated rings. The van der Waals surface area contributed by atoms with Gasteiger partial charge in [-0.1, -0.05) is 146 Å². The fraction of sp³-hybridized carbons (Fsp3) is 0.0952. The predicted octanol–water partition coefficient (Wildman–Crippen LogP) is 9.95. The van der Waals surface area contributed by atoms with Crippen LogP contribution in [0.15, 0.2) is 180 Å². The molecule has 0 saturated carbocycles. The maximum Gasteiger partial charge on any atom is 0.219 e. The molecule has 228 valence electrons. The van der Waals surface area contributed by atoms with E-state index < -0.39 is 0 Å². The minimum Gasteiger partial charge on any atom is -0.467 e. The van der Waals surface area contributed by atoms with Gasteiger partial charge in [0.15, 0.2) is 12.2 Å². The molecule has 0 amide bonds. The zero-order chi connectivity index (χ0) is 31.4. The van der Waals surface area contributed by atoms with Crippen molar-refractivity contribution in [1.29, 1.82) is 0 Å². The van der Waals surface area contributed by atoms with E-state index in [1.807, 2.05) is 72.8 Å². The molecule has 0 aliphatic carbocycles. The Kier molecular flexibility index (Phi) is 7.78. The summed E-state index contributed by atoms with van der Waals surface area (Å²) in [6, 6.07) is 57.3. The topological polar surface area (TPSA) is 55.2 Å². The van der Waals surface area contributed by atoms with Crippen molar-refractivity contribution in [2.45, 2.75) is 24.3 Å². The van der Waals surface area contributed by atoms with Gasteiger partial charge in [0, 0.05) is 0 Å². The number of benzene rings is 6. The lowest BCUT2D eigenvalue weighted by atomic mass is 9.97. The Hall–Kier alpha value is -5.94. The highest BCUT2D eigenvalue weighted by Crippen LogP contribution is 2.44. The number of hydrogen-bond donors (Lipinski definition) is 1. The Morgan fingerprint density at radius 2 is 0.681 bits per heavy atom. The van der Waals surface area contributed by atoms with E-state index in [9.17, 15) is 0 Å². The maximum atomic E-state index is 6.70. The molecule has 4 atom stereocenters. The molecule has 5 heteroatoms. The zero-order valence-corrected chi connectivity index (χ0v) is 25.7. The smallest absolute Gasteiger partial charge is 0.219 e. The Labute approximate surface area is 274 Å². The fourth-order valence-corrected chi connectivity index (χ4v) is 6.37. The van der Waals surface area contributed by atoms with Gasteiger partial charge < -0.3 is 14.8 Å². The Balaban J connectivity index is 1.14. The molecule has 1 N–H and O–H groups in total. The maximum absolute atomic E-state index is 6.70. The highest BCUT2D eigenvalue weighted by Gasteiger charge is 2.36. The van der Waals surface area contributed by atoms with Gasteiger partial charge in [-0.15, -0.1) is 0 Å². The molecular formula is C42H33N3O2. The van der Waals surface area contributed by atoms with Gasteiger partial charge in [0.1, 0.15) is 12.1 Å². The second-order valence-electron chi connectivity index (χ2n) is 11.7. The lowest BCUT2D eigenvalue weighted by Crippen LogP contribution is -2.12. The molecule has 2 aliphatic heterocycles. The Morgan fingerprint density at radius 3 is 1.06 bits per heavy atom. The van der Waals surface area contributed by atoms with Gasteiger partial charge in [0.05, 0.1) is 22.5 Å². The third-order valence-electron chi connectivity index (χ3n) is 8.69. The monoisotopic (exact) mass is 611 g/mol. The molecule has 2 heterocycles. The lowest BCUT2D eigenvalue weighted by Gasteiger charge is -2.20. The lowest BCUT2D eigenvalue weighted by molar-refractivity contribution is 0.197. The van der Waals surface area contributed by atoms with Crippen LogP contribution in [0.1, 0.15) is 57.7 Å².